The van der Waals surface area contributed by atoms with Crippen molar-refractivity contribution in [1.29, 1.82) is 0 Å². The molecule has 1 saturated carbocycles. The lowest BCUT2D eigenvalue weighted by Crippen LogP contribution is -1.99. The van der Waals surface area contributed by atoms with Gasteiger partial charge >= 0.3 is 0 Å². The fourth-order valence-electron chi connectivity index (χ4n) is 2.14. The zero-order valence-corrected chi connectivity index (χ0v) is 9.93. The summed E-state index contributed by atoms with van der Waals surface area (Å²) in [5, 5.41) is 0.814. The summed E-state index contributed by atoms with van der Waals surface area (Å²) in [7, 11) is 0. The Morgan fingerprint density at radius 3 is 2.47 bits per heavy atom. The van der Waals surface area contributed by atoms with Crippen molar-refractivity contribution >= 4 is 17.4 Å². The number of benzene rings is 1. The van der Waals surface area contributed by atoms with Crippen LogP contribution in [0, 0.1) is 0 Å². The number of hydrogen-bond donors (Lipinski definition) is 1. The van der Waals surface area contributed by atoms with Gasteiger partial charge in [0.05, 0.1) is 0 Å². The highest BCUT2D eigenvalue weighted by Gasteiger charge is 2.13. The quantitative estimate of drug-likeness (QED) is 0.601. The SMILES string of the molecule is Nc1cccc(SC2CCCCCC2)c1. The molecule has 1 aliphatic rings. The van der Waals surface area contributed by atoms with Crippen molar-refractivity contribution in [2.24, 2.45) is 0 Å². The summed E-state index contributed by atoms with van der Waals surface area (Å²) < 4.78 is 0. The maximum atomic E-state index is 5.78. The van der Waals surface area contributed by atoms with E-state index < -0.39 is 0 Å². The lowest BCUT2D eigenvalue weighted by Gasteiger charge is -2.13. The Hall–Kier alpha value is -0.630. The van der Waals surface area contributed by atoms with Gasteiger partial charge in [0, 0.05) is 15.8 Å². The van der Waals surface area contributed by atoms with E-state index in [1.165, 1.54) is 43.4 Å². The molecule has 0 spiro atoms. The van der Waals surface area contributed by atoms with E-state index in [-0.39, 0.29) is 0 Å². The van der Waals surface area contributed by atoms with Crippen LogP contribution in [0.1, 0.15) is 38.5 Å². The fourth-order valence-corrected chi connectivity index (χ4v) is 3.46. The van der Waals surface area contributed by atoms with E-state index in [1.807, 2.05) is 23.9 Å². The van der Waals surface area contributed by atoms with Crippen molar-refractivity contribution in [1.82, 2.24) is 0 Å². The first-order chi connectivity index (χ1) is 7.34. The Bertz CT molecular complexity index is 303. The normalized spacial score (nSPS) is 18.7. The third-order valence-corrected chi connectivity index (χ3v) is 4.29. The van der Waals surface area contributed by atoms with Crippen LogP contribution in [0.25, 0.3) is 0 Å². The van der Waals surface area contributed by atoms with Gasteiger partial charge < -0.3 is 5.73 Å². The smallest absolute Gasteiger partial charge is 0.0325 e. The van der Waals surface area contributed by atoms with Gasteiger partial charge in [-0.1, -0.05) is 31.7 Å². The number of rotatable bonds is 2. The summed E-state index contributed by atoms with van der Waals surface area (Å²) in [5.74, 6) is 0. The van der Waals surface area contributed by atoms with Crippen LogP contribution in [0.3, 0.4) is 0 Å². The molecule has 0 unspecified atom stereocenters. The van der Waals surface area contributed by atoms with Gasteiger partial charge in [0.1, 0.15) is 0 Å². The fraction of sp³-hybridized carbons (Fsp3) is 0.538. The van der Waals surface area contributed by atoms with Crippen LogP contribution in [-0.4, -0.2) is 5.25 Å². The molecule has 0 radical (unpaired) electrons. The topological polar surface area (TPSA) is 26.0 Å². The first-order valence-electron chi connectivity index (χ1n) is 5.87. The van der Waals surface area contributed by atoms with Crippen molar-refractivity contribution in [2.75, 3.05) is 5.73 Å². The molecule has 1 aliphatic carbocycles. The van der Waals surface area contributed by atoms with E-state index in [9.17, 15) is 0 Å². The van der Waals surface area contributed by atoms with Crippen molar-refractivity contribution < 1.29 is 0 Å². The van der Waals surface area contributed by atoms with E-state index >= 15 is 0 Å². The highest BCUT2D eigenvalue weighted by molar-refractivity contribution is 8.00. The van der Waals surface area contributed by atoms with Gasteiger partial charge in [0.2, 0.25) is 0 Å². The maximum Gasteiger partial charge on any atom is 0.0325 e. The lowest BCUT2D eigenvalue weighted by atomic mass is 10.2. The number of anilines is 1. The van der Waals surface area contributed by atoms with Crippen LogP contribution in [0.15, 0.2) is 29.2 Å². The summed E-state index contributed by atoms with van der Waals surface area (Å²) >= 11 is 2.01. The summed E-state index contributed by atoms with van der Waals surface area (Å²) in [6, 6.07) is 8.27. The first kappa shape index (κ1) is 10.9. The molecule has 2 heteroatoms. The van der Waals surface area contributed by atoms with E-state index in [2.05, 4.69) is 12.1 Å². The molecule has 82 valence electrons. The predicted molar refractivity (Wildman–Crippen MR) is 68.2 cm³/mol. The van der Waals surface area contributed by atoms with E-state index in [0.717, 1.165) is 10.9 Å². The molecule has 0 saturated heterocycles. The molecule has 0 bridgehead atoms. The van der Waals surface area contributed by atoms with E-state index in [1.54, 1.807) is 0 Å². The highest BCUT2D eigenvalue weighted by Crippen LogP contribution is 2.33. The van der Waals surface area contributed by atoms with Gasteiger partial charge in [-0.2, -0.15) is 0 Å². The van der Waals surface area contributed by atoms with Crippen LogP contribution in [-0.2, 0) is 0 Å². The molecule has 1 aromatic rings. The Balaban J connectivity index is 1.95. The van der Waals surface area contributed by atoms with Crippen molar-refractivity contribution in [2.45, 2.75) is 48.7 Å². The standard InChI is InChI=1S/C13H19NS/c14-11-6-5-9-13(10-11)15-12-7-3-1-2-4-8-12/h5-6,9-10,12H,1-4,7-8,14H2. The second-order valence-corrected chi connectivity index (χ2v) is 5.68. The van der Waals surface area contributed by atoms with Crippen LogP contribution in [0.2, 0.25) is 0 Å². The molecular formula is C13H19NS. The summed E-state index contributed by atoms with van der Waals surface area (Å²) in [5.41, 5.74) is 6.66. The van der Waals surface area contributed by atoms with Crippen molar-refractivity contribution in [3.63, 3.8) is 0 Å². The largest absolute Gasteiger partial charge is 0.399 e. The van der Waals surface area contributed by atoms with Crippen LogP contribution in [0.4, 0.5) is 5.69 Å². The van der Waals surface area contributed by atoms with E-state index in [4.69, 9.17) is 5.73 Å². The van der Waals surface area contributed by atoms with Gasteiger partial charge in [0.25, 0.3) is 0 Å². The molecule has 1 aromatic carbocycles. The summed E-state index contributed by atoms with van der Waals surface area (Å²) in [4.78, 5) is 1.34. The molecular weight excluding hydrogens is 202 g/mol. The molecule has 2 rings (SSSR count). The minimum Gasteiger partial charge on any atom is -0.399 e. The monoisotopic (exact) mass is 221 g/mol. The molecule has 0 atom stereocenters. The van der Waals surface area contributed by atoms with Gasteiger partial charge in [-0.3, -0.25) is 0 Å². The maximum absolute atomic E-state index is 5.78. The van der Waals surface area contributed by atoms with Crippen molar-refractivity contribution in [3.8, 4) is 0 Å². The van der Waals surface area contributed by atoms with E-state index in [0.29, 0.717) is 0 Å². The second kappa shape index (κ2) is 5.45. The number of nitrogens with two attached hydrogens (primary N) is 1. The molecule has 0 aliphatic heterocycles. The average Bonchev–Trinajstić information content (AvgIpc) is 2.46. The molecule has 15 heavy (non-hydrogen) atoms. The zero-order valence-electron chi connectivity index (χ0n) is 9.11. The molecule has 2 N–H and O–H groups in total. The Morgan fingerprint density at radius 2 is 1.80 bits per heavy atom. The summed E-state index contributed by atoms with van der Waals surface area (Å²) in [6.45, 7) is 0. The minimum absolute atomic E-state index is 0.814. The van der Waals surface area contributed by atoms with Gasteiger partial charge in [0.15, 0.2) is 0 Å². The van der Waals surface area contributed by atoms with Crippen LogP contribution >= 0.6 is 11.8 Å². The third kappa shape index (κ3) is 3.45. The molecule has 0 amide bonds. The first-order valence-corrected chi connectivity index (χ1v) is 6.75. The lowest BCUT2D eigenvalue weighted by molar-refractivity contribution is 0.702. The Kier molecular flexibility index (Phi) is 3.95. The zero-order chi connectivity index (χ0) is 10.5. The molecule has 1 nitrogen and oxygen atoms in total. The number of hydrogen-bond acceptors (Lipinski definition) is 2. The molecule has 0 heterocycles. The molecule has 0 aromatic heterocycles. The van der Waals surface area contributed by atoms with Gasteiger partial charge in [-0.05, 0) is 31.0 Å². The third-order valence-electron chi connectivity index (χ3n) is 2.96. The predicted octanol–water partition coefficient (Wildman–Crippen LogP) is 4.08. The minimum atomic E-state index is 0.814. The second-order valence-electron chi connectivity index (χ2n) is 4.30. The number of nitrogen functional groups attached to an aromatic ring is 1. The molecule has 1 fully saturated rings. The van der Waals surface area contributed by atoms with Gasteiger partial charge in [-0.25, -0.2) is 0 Å². The Labute approximate surface area is 96.4 Å². The van der Waals surface area contributed by atoms with Crippen LogP contribution in [0.5, 0.6) is 0 Å². The Morgan fingerprint density at radius 1 is 1.07 bits per heavy atom. The highest BCUT2D eigenvalue weighted by atomic mass is 32.2. The van der Waals surface area contributed by atoms with Crippen LogP contribution < -0.4 is 5.73 Å². The van der Waals surface area contributed by atoms with Gasteiger partial charge in [-0.15, -0.1) is 11.8 Å². The average molecular weight is 221 g/mol. The number of thioether (sulfide) groups is 1. The summed E-state index contributed by atoms with van der Waals surface area (Å²) in [6.07, 6.45) is 8.40. The van der Waals surface area contributed by atoms with Crippen molar-refractivity contribution in [3.05, 3.63) is 24.3 Å².